The Bertz CT molecular complexity index is 1320. The van der Waals surface area contributed by atoms with Crippen molar-refractivity contribution in [3.63, 3.8) is 0 Å². The van der Waals surface area contributed by atoms with Crippen LogP contribution >= 0.6 is 12.2 Å². The molecule has 1 fully saturated rings. The van der Waals surface area contributed by atoms with Crippen LogP contribution in [0.5, 0.6) is 0 Å². The van der Waals surface area contributed by atoms with Gasteiger partial charge >= 0.3 is 0 Å². The second-order valence-electron chi connectivity index (χ2n) is 8.57. The highest BCUT2D eigenvalue weighted by atomic mass is 32.1. The molecule has 0 saturated carbocycles. The molecule has 6 nitrogen and oxygen atoms in total. The van der Waals surface area contributed by atoms with Crippen molar-refractivity contribution in [2.75, 3.05) is 11.9 Å². The van der Waals surface area contributed by atoms with Gasteiger partial charge in [-0.2, -0.15) is 0 Å². The first kappa shape index (κ1) is 22.8. The number of benzene rings is 2. The molecule has 2 aromatic heterocycles. The molecule has 0 bridgehead atoms. The predicted octanol–water partition coefficient (Wildman–Crippen LogP) is 5.18. The van der Waals surface area contributed by atoms with E-state index in [0.29, 0.717) is 18.1 Å². The smallest absolute Gasteiger partial charge is 0.226 e. The normalized spacial score (nSPS) is 17.3. The Balaban J connectivity index is 1.44. The van der Waals surface area contributed by atoms with Gasteiger partial charge in [-0.25, -0.2) is 0 Å². The quantitative estimate of drug-likeness (QED) is 0.356. The molecule has 4 aromatic rings. The third kappa shape index (κ3) is 4.81. The first-order chi connectivity index (χ1) is 17.1. The topological polar surface area (TPSA) is 62.2 Å². The minimum Gasteiger partial charge on any atom is -0.352 e. The number of hydrogen-bond donors (Lipinski definition) is 2. The van der Waals surface area contributed by atoms with Crippen LogP contribution in [-0.2, 0) is 4.79 Å². The van der Waals surface area contributed by atoms with Crippen LogP contribution in [-0.4, -0.2) is 32.0 Å². The predicted molar refractivity (Wildman–Crippen MR) is 142 cm³/mol. The van der Waals surface area contributed by atoms with Crippen LogP contribution < -0.4 is 10.6 Å². The molecule has 5 rings (SSSR count). The number of pyridine rings is 1. The molecule has 2 atom stereocenters. The molecule has 2 N–H and O–H groups in total. The average Bonchev–Trinajstić information content (AvgIpc) is 3.49. The molecule has 2 aromatic carbocycles. The molecule has 0 spiro atoms. The second-order valence-corrected chi connectivity index (χ2v) is 8.96. The lowest BCUT2D eigenvalue weighted by Crippen LogP contribution is -2.33. The largest absolute Gasteiger partial charge is 0.352 e. The third-order valence-corrected chi connectivity index (χ3v) is 6.67. The number of thiocarbonyl (C=S) groups is 1. The number of aromatic nitrogens is 2. The fourth-order valence-corrected chi connectivity index (χ4v) is 4.91. The number of rotatable bonds is 7. The van der Waals surface area contributed by atoms with Gasteiger partial charge in [0.15, 0.2) is 5.11 Å². The van der Waals surface area contributed by atoms with E-state index in [9.17, 15) is 4.79 Å². The van der Waals surface area contributed by atoms with E-state index in [1.54, 1.807) is 6.20 Å². The van der Waals surface area contributed by atoms with E-state index in [1.165, 1.54) is 0 Å². The number of para-hydroxylation sites is 2. The van der Waals surface area contributed by atoms with E-state index < -0.39 is 0 Å². The Morgan fingerprint density at radius 2 is 1.77 bits per heavy atom. The number of carbonyl (C=O) groups is 1. The van der Waals surface area contributed by atoms with Gasteiger partial charge in [-0.05, 0) is 67.2 Å². The van der Waals surface area contributed by atoms with Crippen molar-refractivity contribution in [1.82, 2.24) is 19.8 Å². The van der Waals surface area contributed by atoms with Gasteiger partial charge in [-0.1, -0.05) is 42.5 Å². The first-order valence-corrected chi connectivity index (χ1v) is 12.1. The number of amides is 1. The van der Waals surface area contributed by atoms with Crippen LogP contribution in [0.2, 0.25) is 0 Å². The lowest BCUT2D eigenvalue weighted by molar-refractivity contribution is -0.116. The van der Waals surface area contributed by atoms with Gasteiger partial charge in [0, 0.05) is 42.4 Å². The van der Waals surface area contributed by atoms with E-state index >= 15 is 0 Å². The van der Waals surface area contributed by atoms with Crippen molar-refractivity contribution >= 4 is 28.9 Å². The fraction of sp³-hybridized carbons (Fsp3) is 0.179. The highest BCUT2D eigenvalue weighted by Crippen LogP contribution is 2.39. The summed E-state index contributed by atoms with van der Waals surface area (Å²) in [5.41, 5.74) is 4.93. The number of nitrogens with zero attached hydrogens (tertiary/aromatic N) is 3. The monoisotopic (exact) mass is 481 g/mol. The van der Waals surface area contributed by atoms with E-state index in [-0.39, 0.29) is 18.0 Å². The summed E-state index contributed by atoms with van der Waals surface area (Å²) in [6.07, 6.45) is 4.17. The second kappa shape index (κ2) is 10.1. The summed E-state index contributed by atoms with van der Waals surface area (Å²) in [6.45, 7) is 2.47. The molecule has 176 valence electrons. The van der Waals surface area contributed by atoms with E-state index in [1.807, 2.05) is 73.7 Å². The van der Waals surface area contributed by atoms with Crippen LogP contribution in [0, 0.1) is 6.92 Å². The van der Waals surface area contributed by atoms with Crippen LogP contribution in [0.3, 0.4) is 0 Å². The number of carbonyl (C=O) groups excluding carboxylic acids is 1. The van der Waals surface area contributed by atoms with Crippen LogP contribution in [0.15, 0.2) is 97.3 Å². The molecule has 7 heteroatoms. The van der Waals surface area contributed by atoms with Gasteiger partial charge in [0.1, 0.15) is 0 Å². The fourth-order valence-electron chi connectivity index (χ4n) is 4.57. The van der Waals surface area contributed by atoms with Crippen molar-refractivity contribution in [2.45, 2.75) is 25.4 Å². The van der Waals surface area contributed by atoms with Gasteiger partial charge < -0.3 is 20.1 Å². The van der Waals surface area contributed by atoms with E-state index in [2.05, 4.69) is 49.5 Å². The van der Waals surface area contributed by atoms with Crippen molar-refractivity contribution in [3.05, 3.63) is 114 Å². The minimum atomic E-state index is -0.138. The molecule has 1 saturated heterocycles. The lowest BCUT2D eigenvalue weighted by atomic mass is 10.0. The Morgan fingerprint density at radius 3 is 2.54 bits per heavy atom. The van der Waals surface area contributed by atoms with Crippen LogP contribution in [0.4, 0.5) is 5.69 Å². The Labute approximate surface area is 210 Å². The third-order valence-electron chi connectivity index (χ3n) is 6.31. The summed E-state index contributed by atoms with van der Waals surface area (Å²) in [6, 6.07) is 27.8. The molecule has 0 radical (unpaired) electrons. The van der Waals surface area contributed by atoms with Crippen molar-refractivity contribution < 1.29 is 4.79 Å². The summed E-state index contributed by atoms with van der Waals surface area (Å²) in [7, 11) is 0. The molecule has 1 aliphatic heterocycles. The Hall–Kier alpha value is -3.97. The number of hydrogen-bond acceptors (Lipinski definition) is 3. The van der Waals surface area contributed by atoms with Crippen molar-refractivity contribution in [1.29, 1.82) is 0 Å². The molecule has 35 heavy (non-hydrogen) atoms. The molecule has 1 aliphatic rings. The molecule has 2 unspecified atom stereocenters. The highest BCUT2D eigenvalue weighted by Gasteiger charge is 2.41. The summed E-state index contributed by atoms with van der Waals surface area (Å²) in [4.78, 5) is 19.6. The molecular formula is C28H27N5OS. The SMILES string of the molecule is Cc1ccccc1NC(=O)CCN1C(=S)NC(c2ccccn2)C1c1cccn1-c1ccccc1. The van der Waals surface area contributed by atoms with Crippen molar-refractivity contribution in [2.24, 2.45) is 0 Å². The maximum absolute atomic E-state index is 12.8. The van der Waals surface area contributed by atoms with E-state index in [4.69, 9.17) is 12.2 Å². The van der Waals surface area contributed by atoms with Crippen molar-refractivity contribution in [3.8, 4) is 5.69 Å². The minimum absolute atomic E-state index is 0.0411. The summed E-state index contributed by atoms with van der Waals surface area (Å²) in [5.74, 6) is -0.0411. The Kier molecular flexibility index (Phi) is 6.59. The molecule has 1 amide bonds. The van der Waals surface area contributed by atoms with Crippen LogP contribution in [0.25, 0.3) is 5.69 Å². The zero-order valence-electron chi connectivity index (χ0n) is 19.5. The van der Waals surface area contributed by atoms with Gasteiger partial charge in [-0.3, -0.25) is 9.78 Å². The zero-order chi connectivity index (χ0) is 24.2. The maximum atomic E-state index is 12.8. The van der Waals surface area contributed by atoms with Gasteiger partial charge in [0.25, 0.3) is 0 Å². The number of aryl methyl sites for hydroxylation is 1. The van der Waals surface area contributed by atoms with Crippen LogP contribution in [0.1, 0.15) is 35.5 Å². The number of anilines is 1. The standard InChI is InChI=1S/C28H27N5OS/c1-20-10-5-6-13-22(20)30-25(34)16-19-33-27(26(31-28(33)35)23-14-7-8-17-29-23)24-15-9-18-32(24)21-11-3-2-4-12-21/h2-15,17-18,26-27H,16,19H2,1H3,(H,30,34)(H,31,35). The number of nitrogens with one attached hydrogen (secondary N) is 2. The highest BCUT2D eigenvalue weighted by molar-refractivity contribution is 7.80. The molecule has 3 heterocycles. The van der Waals surface area contributed by atoms with Gasteiger partial charge in [0.05, 0.1) is 17.8 Å². The Morgan fingerprint density at radius 1 is 1.00 bits per heavy atom. The maximum Gasteiger partial charge on any atom is 0.226 e. The molecular weight excluding hydrogens is 454 g/mol. The zero-order valence-corrected chi connectivity index (χ0v) is 20.3. The van der Waals surface area contributed by atoms with E-state index in [0.717, 1.165) is 28.3 Å². The summed E-state index contributed by atoms with van der Waals surface area (Å²) in [5, 5.41) is 7.12. The lowest BCUT2D eigenvalue weighted by Gasteiger charge is -2.29. The summed E-state index contributed by atoms with van der Waals surface area (Å²) >= 11 is 5.78. The van der Waals surface area contributed by atoms with Gasteiger partial charge in [0.2, 0.25) is 5.91 Å². The summed E-state index contributed by atoms with van der Waals surface area (Å²) < 4.78 is 2.18. The first-order valence-electron chi connectivity index (χ1n) is 11.7. The van der Waals surface area contributed by atoms with Gasteiger partial charge in [-0.15, -0.1) is 0 Å². The molecule has 0 aliphatic carbocycles. The average molecular weight is 482 g/mol.